The molecule has 0 unspecified atom stereocenters. The van der Waals surface area contributed by atoms with Gasteiger partial charge in [0.05, 0.1) is 41.1 Å². The van der Waals surface area contributed by atoms with Crippen molar-refractivity contribution in [2.75, 3.05) is 23.8 Å². The molecule has 0 saturated carbocycles. The van der Waals surface area contributed by atoms with E-state index < -0.39 is 0 Å². The van der Waals surface area contributed by atoms with Crippen molar-refractivity contribution in [3.8, 4) is 0 Å². The van der Waals surface area contributed by atoms with Gasteiger partial charge in [-0.3, -0.25) is 14.8 Å². The molecule has 8 heteroatoms. The standard InChI is InChI=1S/C23H23FN6O/c1-13-8-17-20(12-29(3)23(17)31)28-22(13)30-7-5-18-15(11-30)9-16(10-26-18)27-19-4-6-25-14(2)21(19)24/h4,6,8-10H,5,7,11-12H2,1-3H3,(H,25,27). The van der Waals surface area contributed by atoms with Gasteiger partial charge in [0.1, 0.15) is 5.82 Å². The molecule has 5 rings (SSSR count). The van der Waals surface area contributed by atoms with Gasteiger partial charge >= 0.3 is 0 Å². The average Bonchev–Trinajstić information content (AvgIpc) is 3.03. The number of fused-ring (bicyclic) bond motifs is 2. The number of aromatic nitrogens is 3. The van der Waals surface area contributed by atoms with Gasteiger partial charge in [-0.2, -0.15) is 0 Å². The molecule has 0 fully saturated rings. The molecule has 0 radical (unpaired) electrons. The molecule has 0 aliphatic carbocycles. The quantitative estimate of drug-likeness (QED) is 0.702. The Labute approximate surface area is 180 Å². The lowest BCUT2D eigenvalue weighted by atomic mass is 10.0. The molecule has 0 atom stereocenters. The fourth-order valence-electron chi connectivity index (χ4n) is 4.24. The first kappa shape index (κ1) is 19.4. The zero-order valence-electron chi connectivity index (χ0n) is 17.7. The molecule has 0 aromatic carbocycles. The second kappa shape index (κ2) is 7.30. The van der Waals surface area contributed by atoms with Crippen molar-refractivity contribution in [2.24, 2.45) is 0 Å². The largest absolute Gasteiger partial charge is 0.352 e. The highest BCUT2D eigenvalue weighted by Gasteiger charge is 2.29. The molecule has 31 heavy (non-hydrogen) atoms. The molecule has 158 valence electrons. The van der Waals surface area contributed by atoms with Crippen LogP contribution in [-0.2, 0) is 19.5 Å². The summed E-state index contributed by atoms with van der Waals surface area (Å²) in [6.45, 7) is 5.64. The maximum Gasteiger partial charge on any atom is 0.255 e. The van der Waals surface area contributed by atoms with E-state index in [0.717, 1.165) is 47.0 Å². The molecule has 1 amide bonds. The van der Waals surface area contributed by atoms with Crippen LogP contribution < -0.4 is 10.2 Å². The second-order valence-electron chi connectivity index (χ2n) is 8.17. The lowest BCUT2D eigenvalue weighted by Gasteiger charge is -2.31. The first-order chi connectivity index (χ1) is 14.9. The van der Waals surface area contributed by atoms with Gasteiger partial charge in [-0.1, -0.05) is 0 Å². The van der Waals surface area contributed by atoms with Crippen molar-refractivity contribution in [1.82, 2.24) is 19.9 Å². The van der Waals surface area contributed by atoms with Crippen LogP contribution in [0.3, 0.4) is 0 Å². The van der Waals surface area contributed by atoms with Crippen molar-refractivity contribution < 1.29 is 9.18 Å². The summed E-state index contributed by atoms with van der Waals surface area (Å²) in [5, 5.41) is 3.12. The van der Waals surface area contributed by atoms with E-state index in [-0.39, 0.29) is 11.7 Å². The van der Waals surface area contributed by atoms with Crippen molar-refractivity contribution in [1.29, 1.82) is 0 Å². The first-order valence-electron chi connectivity index (χ1n) is 10.3. The molecule has 3 aromatic rings. The first-order valence-corrected chi connectivity index (χ1v) is 10.3. The third-order valence-corrected chi connectivity index (χ3v) is 5.91. The number of halogens is 1. The summed E-state index contributed by atoms with van der Waals surface area (Å²) < 4.78 is 14.3. The Hall–Kier alpha value is -3.55. The molecular weight excluding hydrogens is 395 g/mol. The van der Waals surface area contributed by atoms with Crippen molar-refractivity contribution in [3.63, 3.8) is 0 Å². The van der Waals surface area contributed by atoms with Crippen LogP contribution >= 0.6 is 0 Å². The Kier molecular flexibility index (Phi) is 4.57. The number of aryl methyl sites for hydroxylation is 2. The minimum Gasteiger partial charge on any atom is -0.352 e. The van der Waals surface area contributed by atoms with Gasteiger partial charge in [-0.25, -0.2) is 9.37 Å². The third-order valence-electron chi connectivity index (χ3n) is 5.91. The zero-order valence-corrected chi connectivity index (χ0v) is 17.7. The summed E-state index contributed by atoms with van der Waals surface area (Å²) in [4.78, 5) is 29.6. The third kappa shape index (κ3) is 3.37. The molecular formula is C23H23FN6O. The highest BCUT2D eigenvalue weighted by Crippen LogP contribution is 2.31. The Bertz CT molecular complexity index is 1210. The number of nitrogens with one attached hydrogen (secondary N) is 1. The summed E-state index contributed by atoms with van der Waals surface area (Å²) >= 11 is 0. The van der Waals surface area contributed by atoms with Crippen molar-refractivity contribution in [3.05, 3.63) is 70.2 Å². The number of carbonyl (C=O) groups excluding carboxylic acids is 1. The molecule has 5 heterocycles. The lowest BCUT2D eigenvalue weighted by molar-refractivity contribution is 0.0816. The number of carbonyl (C=O) groups is 1. The van der Waals surface area contributed by atoms with Gasteiger partial charge in [-0.15, -0.1) is 0 Å². The number of nitrogens with zero attached hydrogens (tertiary/aromatic N) is 5. The predicted octanol–water partition coefficient (Wildman–Crippen LogP) is 3.52. The fraction of sp³-hybridized carbons (Fsp3) is 0.304. The number of amides is 1. The topological polar surface area (TPSA) is 74.2 Å². The van der Waals surface area contributed by atoms with Crippen LogP contribution in [0.1, 0.15) is 38.6 Å². The van der Waals surface area contributed by atoms with Gasteiger partial charge in [-0.05, 0) is 43.2 Å². The molecule has 2 aliphatic rings. The molecule has 0 spiro atoms. The van der Waals surface area contributed by atoms with E-state index >= 15 is 0 Å². The van der Waals surface area contributed by atoms with Gasteiger partial charge in [0.25, 0.3) is 5.91 Å². The Morgan fingerprint density at radius 2 is 1.97 bits per heavy atom. The van der Waals surface area contributed by atoms with Crippen LogP contribution in [0.2, 0.25) is 0 Å². The summed E-state index contributed by atoms with van der Waals surface area (Å²) in [5.41, 5.74) is 6.11. The summed E-state index contributed by atoms with van der Waals surface area (Å²) in [5.74, 6) is 0.570. The van der Waals surface area contributed by atoms with E-state index in [9.17, 15) is 9.18 Å². The minimum absolute atomic E-state index is 0.0274. The van der Waals surface area contributed by atoms with Gasteiger partial charge < -0.3 is 15.1 Å². The lowest BCUT2D eigenvalue weighted by Crippen LogP contribution is -2.32. The van der Waals surface area contributed by atoms with Crippen LogP contribution in [0, 0.1) is 19.7 Å². The molecule has 2 aliphatic heterocycles. The van der Waals surface area contributed by atoms with E-state index in [0.29, 0.717) is 30.0 Å². The summed E-state index contributed by atoms with van der Waals surface area (Å²) in [6, 6.07) is 5.58. The van der Waals surface area contributed by atoms with Gasteiger partial charge in [0.2, 0.25) is 0 Å². The maximum atomic E-state index is 14.3. The summed E-state index contributed by atoms with van der Waals surface area (Å²) in [6.07, 6.45) is 4.12. The van der Waals surface area contributed by atoms with E-state index in [1.54, 1.807) is 37.3 Å². The highest BCUT2D eigenvalue weighted by molar-refractivity contribution is 5.98. The van der Waals surface area contributed by atoms with E-state index in [4.69, 9.17) is 4.98 Å². The van der Waals surface area contributed by atoms with Crippen LogP contribution in [-0.4, -0.2) is 39.4 Å². The van der Waals surface area contributed by atoms with E-state index in [1.165, 1.54) is 0 Å². The second-order valence-corrected chi connectivity index (χ2v) is 8.17. The highest BCUT2D eigenvalue weighted by atomic mass is 19.1. The summed E-state index contributed by atoms with van der Waals surface area (Å²) in [7, 11) is 1.80. The Balaban J connectivity index is 1.42. The van der Waals surface area contributed by atoms with Crippen LogP contribution in [0.5, 0.6) is 0 Å². The number of pyridine rings is 3. The van der Waals surface area contributed by atoms with E-state index in [1.807, 2.05) is 19.1 Å². The zero-order chi connectivity index (χ0) is 21.7. The number of hydrogen-bond donors (Lipinski definition) is 1. The molecule has 7 nitrogen and oxygen atoms in total. The number of hydrogen-bond acceptors (Lipinski definition) is 6. The molecule has 0 bridgehead atoms. The molecule has 3 aromatic heterocycles. The maximum absolute atomic E-state index is 14.3. The number of anilines is 3. The number of rotatable bonds is 3. The minimum atomic E-state index is -0.362. The average molecular weight is 418 g/mol. The van der Waals surface area contributed by atoms with E-state index in [2.05, 4.69) is 20.2 Å². The monoisotopic (exact) mass is 418 g/mol. The van der Waals surface area contributed by atoms with Crippen LogP contribution in [0.4, 0.5) is 21.6 Å². The van der Waals surface area contributed by atoms with Crippen molar-refractivity contribution >= 4 is 23.1 Å². The smallest absolute Gasteiger partial charge is 0.255 e. The van der Waals surface area contributed by atoms with Gasteiger partial charge in [0, 0.05) is 38.4 Å². The normalized spacial score (nSPS) is 15.2. The Morgan fingerprint density at radius 1 is 1.13 bits per heavy atom. The van der Waals surface area contributed by atoms with Crippen LogP contribution in [0.25, 0.3) is 0 Å². The molecule has 0 saturated heterocycles. The SMILES string of the molecule is Cc1cc2c(nc1N1CCc3ncc(Nc4ccnc(C)c4F)cc3C1)CN(C)C2=O. The van der Waals surface area contributed by atoms with Gasteiger partial charge in [0.15, 0.2) is 5.82 Å². The van der Waals surface area contributed by atoms with Crippen LogP contribution in [0.15, 0.2) is 30.6 Å². The molecule has 1 N–H and O–H groups in total. The fourth-order valence-corrected chi connectivity index (χ4v) is 4.24. The predicted molar refractivity (Wildman–Crippen MR) is 116 cm³/mol. The Morgan fingerprint density at radius 3 is 2.81 bits per heavy atom. The van der Waals surface area contributed by atoms with Crippen molar-refractivity contribution in [2.45, 2.75) is 33.4 Å².